The molecule has 0 aromatic carbocycles. The summed E-state index contributed by atoms with van der Waals surface area (Å²) in [5.41, 5.74) is 1.49. The molecule has 6 atom stereocenters. The third-order valence-corrected chi connectivity index (χ3v) is 7.24. The number of ketones is 1. The molecule has 4 aliphatic carbocycles. The summed E-state index contributed by atoms with van der Waals surface area (Å²) in [5, 5.41) is 9.98. The van der Waals surface area contributed by atoms with E-state index in [1.807, 2.05) is 0 Å². The van der Waals surface area contributed by atoms with Crippen LogP contribution in [0.2, 0.25) is 0 Å². The van der Waals surface area contributed by atoms with Crippen LogP contribution >= 0.6 is 0 Å². The van der Waals surface area contributed by atoms with Gasteiger partial charge in [-0.1, -0.05) is 30.7 Å². The van der Waals surface area contributed by atoms with Crippen LogP contribution in [0.3, 0.4) is 0 Å². The summed E-state index contributed by atoms with van der Waals surface area (Å²) in [6.45, 7) is 4.55. The van der Waals surface area contributed by atoms with Crippen LogP contribution in [-0.2, 0) is 4.79 Å². The van der Waals surface area contributed by atoms with Crippen LogP contribution in [0, 0.1) is 28.6 Å². The molecule has 0 aromatic rings. The molecule has 2 nitrogen and oxygen atoms in total. The highest BCUT2D eigenvalue weighted by Crippen LogP contribution is 2.61. The van der Waals surface area contributed by atoms with E-state index in [0.29, 0.717) is 23.5 Å². The number of allylic oxidation sites excluding steroid dienone is 3. The van der Waals surface area contributed by atoms with Crippen molar-refractivity contribution in [2.24, 2.45) is 28.6 Å². The fourth-order valence-corrected chi connectivity index (χ4v) is 5.82. The van der Waals surface area contributed by atoms with Gasteiger partial charge in [0.1, 0.15) is 5.78 Å². The first-order valence-corrected chi connectivity index (χ1v) is 8.55. The van der Waals surface area contributed by atoms with Crippen LogP contribution in [0.4, 0.5) is 0 Å². The maximum atomic E-state index is 12.3. The highest BCUT2D eigenvalue weighted by Gasteiger charge is 2.56. The highest BCUT2D eigenvalue weighted by molar-refractivity contribution is 5.89. The van der Waals surface area contributed by atoms with E-state index in [9.17, 15) is 9.90 Å². The Morgan fingerprint density at radius 1 is 1.29 bits per heavy atom. The van der Waals surface area contributed by atoms with Crippen molar-refractivity contribution in [3.8, 4) is 0 Å². The first-order valence-electron chi connectivity index (χ1n) is 8.55. The molecule has 0 aliphatic heterocycles. The lowest BCUT2D eigenvalue weighted by Crippen LogP contribution is -2.48. The zero-order chi connectivity index (χ0) is 14.8. The van der Waals surface area contributed by atoms with Gasteiger partial charge in [0.05, 0.1) is 6.10 Å². The monoisotopic (exact) mass is 286 g/mol. The van der Waals surface area contributed by atoms with Gasteiger partial charge in [0, 0.05) is 11.8 Å². The van der Waals surface area contributed by atoms with Gasteiger partial charge in [-0.2, -0.15) is 0 Å². The Bertz CT molecular complexity index is 546. The number of aliphatic hydroxyl groups excluding tert-OH is 1. The van der Waals surface area contributed by atoms with Crippen molar-refractivity contribution in [3.05, 3.63) is 23.8 Å². The minimum atomic E-state index is -0.197. The van der Waals surface area contributed by atoms with Gasteiger partial charge >= 0.3 is 0 Å². The molecule has 2 fully saturated rings. The van der Waals surface area contributed by atoms with Crippen molar-refractivity contribution >= 4 is 5.78 Å². The molecule has 0 unspecified atom stereocenters. The molecule has 0 amide bonds. The molecule has 2 heteroatoms. The zero-order valence-electron chi connectivity index (χ0n) is 13.1. The lowest BCUT2D eigenvalue weighted by atomic mass is 9.50. The van der Waals surface area contributed by atoms with E-state index in [2.05, 4.69) is 32.1 Å². The second-order valence-electron chi connectivity index (χ2n) is 8.18. The molecule has 0 aromatic heterocycles. The van der Waals surface area contributed by atoms with Crippen molar-refractivity contribution < 1.29 is 9.90 Å². The number of carbonyl (C=O) groups excluding carboxylic acids is 1. The molecule has 2 saturated carbocycles. The van der Waals surface area contributed by atoms with Crippen molar-refractivity contribution in [1.29, 1.82) is 0 Å². The Morgan fingerprint density at radius 2 is 2.10 bits per heavy atom. The molecule has 4 rings (SSSR count). The third kappa shape index (κ3) is 1.72. The van der Waals surface area contributed by atoms with Crippen molar-refractivity contribution in [2.45, 2.75) is 58.5 Å². The first kappa shape index (κ1) is 13.8. The van der Waals surface area contributed by atoms with E-state index in [1.165, 1.54) is 5.57 Å². The largest absolute Gasteiger partial charge is 0.393 e. The van der Waals surface area contributed by atoms with E-state index < -0.39 is 0 Å². The maximum absolute atomic E-state index is 12.3. The molecule has 4 aliphatic rings. The summed E-state index contributed by atoms with van der Waals surface area (Å²) in [7, 11) is 0. The van der Waals surface area contributed by atoms with Crippen molar-refractivity contribution in [2.75, 3.05) is 0 Å². The number of fused-ring (bicyclic) bond motifs is 5. The Labute approximate surface area is 127 Å². The molecule has 0 bridgehead atoms. The standard InChI is InChI=1S/C19H26O2/c1-18-9-7-13(20)11-12(18)3-4-14-15-5-6-17(21)19(15,2)10-8-16(14)18/h3,8,10,13-16,20H,4-7,9,11H2,1-2H3/t13-,14-,15-,16-,18-,19-/m0/s1. The maximum Gasteiger partial charge on any atom is 0.142 e. The van der Waals surface area contributed by atoms with Gasteiger partial charge in [0.2, 0.25) is 0 Å². The minimum absolute atomic E-state index is 0.147. The Kier molecular flexibility index (Phi) is 2.83. The molecule has 114 valence electrons. The molecule has 0 spiro atoms. The molecule has 0 radical (unpaired) electrons. The van der Waals surface area contributed by atoms with Crippen LogP contribution in [-0.4, -0.2) is 17.0 Å². The van der Waals surface area contributed by atoms with Gasteiger partial charge in [-0.25, -0.2) is 0 Å². The molecule has 0 saturated heterocycles. The Morgan fingerprint density at radius 3 is 2.90 bits per heavy atom. The van der Waals surface area contributed by atoms with Gasteiger partial charge in [0.15, 0.2) is 0 Å². The second-order valence-corrected chi connectivity index (χ2v) is 8.18. The molecule has 21 heavy (non-hydrogen) atoms. The number of carbonyl (C=O) groups is 1. The molecule has 0 heterocycles. The summed E-state index contributed by atoms with van der Waals surface area (Å²) in [4.78, 5) is 12.3. The average molecular weight is 286 g/mol. The molecule has 1 N–H and O–H groups in total. The quantitative estimate of drug-likeness (QED) is 0.690. The summed E-state index contributed by atoms with van der Waals surface area (Å²) in [6.07, 6.45) is 12.7. The number of hydrogen-bond acceptors (Lipinski definition) is 2. The van der Waals surface area contributed by atoms with Crippen LogP contribution in [0.1, 0.15) is 52.4 Å². The van der Waals surface area contributed by atoms with Gasteiger partial charge < -0.3 is 5.11 Å². The topological polar surface area (TPSA) is 37.3 Å². The first-order chi connectivity index (χ1) is 9.95. The van der Waals surface area contributed by atoms with Crippen molar-refractivity contribution in [3.63, 3.8) is 0 Å². The fraction of sp³-hybridized carbons (Fsp3) is 0.737. The van der Waals surface area contributed by atoms with Gasteiger partial charge in [0.25, 0.3) is 0 Å². The summed E-state index contributed by atoms with van der Waals surface area (Å²) >= 11 is 0. The molecular weight excluding hydrogens is 260 g/mol. The second kappa shape index (κ2) is 4.32. The number of aliphatic hydroxyl groups is 1. The SMILES string of the molecule is C[C@]12CC[C@H](O)CC1=CC[C@@H]1[C@@H]2C=C[C@]2(C)C(=O)CC[C@@H]12. The highest BCUT2D eigenvalue weighted by atomic mass is 16.3. The van der Waals surface area contributed by atoms with E-state index >= 15 is 0 Å². The lowest BCUT2D eigenvalue weighted by molar-refractivity contribution is -0.125. The summed E-state index contributed by atoms with van der Waals surface area (Å²) in [5.74, 6) is 2.16. The number of Topliss-reactive ketones (excluding diaryl/α,β-unsaturated/α-hetero) is 1. The normalized spacial score (nSPS) is 52.0. The smallest absolute Gasteiger partial charge is 0.142 e. The molecular formula is C19H26O2. The van der Waals surface area contributed by atoms with Crippen LogP contribution < -0.4 is 0 Å². The predicted molar refractivity (Wildman–Crippen MR) is 82.6 cm³/mol. The van der Waals surface area contributed by atoms with E-state index in [0.717, 1.165) is 38.5 Å². The number of hydrogen-bond donors (Lipinski definition) is 1. The average Bonchev–Trinajstić information content (AvgIpc) is 2.76. The van der Waals surface area contributed by atoms with Crippen LogP contribution in [0.25, 0.3) is 0 Å². The Balaban J connectivity index is 1.74. The van der Waals surface area contributed by atoms with Gasteiger partial charge in [-0.05, 0) is 62.2 Å². The zero-order valence-corrected chi connectivity index (χ0v) is 13.1. The van der Waals surface area contributed by atoms with Crippen molar-refractivity contribution in [1.82, 2.24) is 0 Å². The van der Waals surface area contributed by atoms with Gasteiger partial charge in [-0.15, -0.1) is 0 Å². The Hall–Kier alpha value is -0.890. The van der Waals surface area contributed by atoms with E-state index in [1.54, 1.807) is 0 Å². The van der Waals surface area contributed by atoms with E-state index in [-0.39, 0.29) is 16.9 Å². The van der Waals surface area contributed by atoms with Crippen LogP contribution in [0.5, 0.6) is 0 Å². The van der Waals surface area contributed by atoms with Gasteiger partial charge in [-0.3, -0.25) is 4.79 Å². The minimum Gasteiger partial charge on any atom is -0.393 e. The van der Waals surface area contributed by atoms with Crippen LogP contribution in [0.15, 0.2) is 23.8 Å². The lowest BCUT2D eigenvalue weighted by Gasteiger charge is -2.54. The predicted octanol–water partition coefficient (Wildman–Crippen LogP) is 3.66. The third-order valence-electron chi connectivity index (χ3n) is 7.24. The number of rotatable bonds is 0. The summed E-state index contributed by atoms with van der Waals surface area (Å²) < 4.78 is 0. The summed E-state index contributed by atoms with van der Waals surface area (Å²) in [6, 6.07) is 0. The fourth-order valence-electron chi connectivity index (χ4n) is 5.82. The van der Waals surface area contributed by atoms with E-state index in [4.69, 9.17) is 0 Å².